The lowest BCUT2D eigenvalue weighted by Crippen LogP contribution is -2.42. The fraction of sp³-hybridized carbons (Fsp3) is 0.769. The van der Waals surface area contributed by atoms with Gasteiger partial charge in [-0.05, 0) is 20.3 Å². The van der Waals surface area contributed by atoms with E-state index in [0.717, 1.165) is 6.42 Å². The second-order valence-electron chi connectivity index (χ2n) is 4.23. The third-order valence-electron chi connectivity index (χ3n) is 2.90. The lowest BCUT2D eigenvalue weighted by atomic mass is 10.0. The van der Waals surface area contributed by atoms with Crippen molar-refractivity contribution in [2.24, 2.45) is 5.92 Å². The summed E-state index contributed by atoms with van der Waals surface area (Å²) >= 11 is 0. The van der Waals surface area contributed by atoms with E-state index in [1.54, 1.807) is 11.9 Å². The first kappa shape index (κ1) is 16.4. The van der Waals surface area contributed by atoms with Gasteiger partial charge < -0.3 is 9.80 Å². The van der Waals surface area contributed by atoms with E-state index in [9.17, 15) is 9.59 Å². The molecule has 0 bridgehead atoms. The molecule has 1 atom stereocenters. The highest BCUT2D eigenvalue weighted by Crippen LogP contribution is 2.08. The average Bonchev–Trinajstić information content (AvgIpc) is 2.36. The minimum atomic E-state index is -0.635. The normalized spacial score (nSPS) is 11.5. The van der Waals surface area contributed by atoms with E-state index in [1.807, 2.05) is 26.8 Å². The largest absolute Gasteiger partial charge is 0.342 e. The van der Waals surface area contributed by atoms with Gasteiger partial charge in [-0.2, -0.15) is 5.26 Å². The van der Waals surface area contributed by atoms with Gasteiger partial charge >= 0.3 is 0 Å². The SMILES string of the molecule is CCCC(C#N)C(=O)N(C)CC(=O)N(CC)CC. The Bertz CT molecular complexity index is 319. The Morgan fingerprint density at radius 3 is 2.17 bits per heavy atom. The first-order valence-corrected chi connectivity index (χ1v) is 6.44. The number of hydrogen-bond acceptors (Lipinski definition) is 3. The number of likely N-dealkylation sites (N-methyl/N-ethyl adjacent to an activating group) is 2. The summed E-state index contributed by atoms with van der Waals surface area (Å²) in [6.45, 7) is 7.04. The van der Waals surface area contributed by atoms with Crippen LogP contribution in [-0.4, -0.2) is 48.3 Å². The van der Waals surface area contributed by atoms with Crippen molar-refractivity contribution in [1.82, 2.24) is 9.80 Å². The summed E-state index contributed by atoms with van der Waals surface area (Å²) in [5, 5.41) is 8.92. The van der Waals surface area contributed by atoms with Crippen molar-refractivity contribution >= 4 is 11.8 Å². The molecule has 0 fully saturated rings. The minimum Gasteiger partial charge on any atom is -0.342 e. The second-order valence-corrected chi connectivity index (χ2v) is 4.23. The molecule has 0 N–H and O–H groups in total. The van der Waals surface area contributed by atoms with Gasteiger partial charge in [-0.15, -0.1) is 0 Å². The zero-order valence-electron chi connectivity index (χ0n) is 11.8. The third kappa shape index (κ3) is 4.74. The van der Waals surface area contributed by atoms with Crippen LogP contribution >= 0.6 is 0 Å². The fourth-order valence-electron chi connectivity index (χ4n) is 1.76. The van der Waals surface area contributed by atoms with Crippen LogP contribution in [-0.2, 0) is 9.59 Å². The Morgan fingerprint density at radius 1 is 1.22 bits per heavy atom. The monoisotopic (exact) mass is 253 g/mol. The molecule has 18 heavy (non-hydrogen) atoms. The smallest absolute Gasteiger partial charge is 0.242 e. The highest BCUT2D eigenvalue weighted by atomic mass is 16.2. The van der Waals surface area contributed by atoms with Crippen LogP contribution in [0.5, 0.6) is 0 Å². The van der Waals surface area contributed by atoms with Crippen LogP contribution in [0, 0.1) is 17.2 Å². The standard InChI is InChI=1S/C13H23N3O2/c1-5-8-11(9-14)13(18)15(4)10-12(17)16(6-2)7-3/h11H,5-8,10H2,1-4H3. The summed E-state index contributed by atoms with van der Waals surface area (Å²) < 4.78 is 0. The van der Waals surface area contributed by atoms with E-state index in [2.05, 4.69) is 0 Å². The Hall–Kier alpha value is -1.57. The summed E-state index contributed by atoms with van der Waals surface area (Å²) in [5.41, 5.74) is 0. The Kier molecular flexibility index (Phi) is 7.77. The first-order valence-electron chi connectivity index (χ1n) is 6.44. The van der Waals surface area contributed by atoms with E-state index in [4.69, 9.17) is 5.26 Å². The fourth-order valence-corrected chi connectivity index (χ4v) is 1.76. The highest BCUT2D eigenvalue weighted by Gasteiger charge is 2.23. The van der Waals surface area contributed by atoms with Gasteiger partial charge in [-0.25, -0.2) is 0 Å². The minimum absolute atomic E-state index is 0.0441. The van der Waals surface area contributed by atoms with Crippen molar-refractivity contribution in [3.63, 3.8) is 0 Å². The number of rotatable bonds is 7. The molecule has 0 aliphatic rings. The number of hydrogen-bond donors (Lipinski definition) is 0. The molecule has 1 unspecified atom stereocenters. The molecule has 0 heterocycles. The van der Waals surface area contributed by atoms with Crippen LogP contribution in [0.4, 0.5) is 0 Å². The van der Waals surface area contributed by atoms with Crippen LogP contribution in [0.3, 0.4) is 0 Å². The molecule has 0 radical (unpaired) electrons. The van der Waals surface area contributed by atoms with Crippen molar-refractivity contribution in [3.05, 3.63) is 0 Å². The molecule has 0 saturated carbocycles. The molecule has 0 aromatic rings. The molecule has 0 aromatic heterocycles. The van der Waals surface area contributed by atoms with Crippen LogP contribution in [0.2, 0.25) is 0 Å². The predicted molar refractivity (Wildman–Crippen MR) is 69.6 cm³/mol. The molecule has 0 aromatic carbocycles. The Morgan fingerprint density at radius 2 is 1.78 bits per heavy atom. The van der Waals surface area contributed by atoms with Crippen molar-refractivity contribution < 1.29 is 9.59 Å². The zero-order chi connectivity index (χ0) is 14.1. The van der Waals surface area contributed by atoms with Gasteiger partial charge in [0.1, 0.15) is 5.92 Å². The van der Waals surface area contributed by atoms with E-state index >= 15 is 0 Å². The van der Waals surface area contributed by atoms with E-state index in [-0.39, 0.29) is 18.4 Å². The van der Waals surface area contributed by atoms with Gasteiger partial charge in [-0.1, -0.05) is 13.3 Å². The molecule has 2 amide bonds. The number of nitriles is 1. The Labute approximate surface area is 109 Å². The summed E-state index contributed by atoms with van der Waals surface area (Å²) in [6.07, 6.45) is 1.32. The zero-order valence-corrected chi connectivity index (χ0v) is 11.8. The van der Waals surface area contributed by atoms with Crippen LogP contribution in [0.15, 0.2) is 0 Å². The van der Waals surface area contributed by atoms with E-state index < -0.39 is 5.92 Å². The number of carbonyl (C=O) groups is 2. The molecule has 0 aliphatic carbocycles. The molecule has 0 rings (SSSR count). The predicted octanol–water partition coefficient (Wildman–Crippen LogP) is 1.25. The number of nitrogens with zero attached hydrogens (tertiary/aromatic N) is 3. The maximum atomic E-state index is 11.9. The highest BCUT2D eigenvalue weighted by molar-refractivity contribution is 5.86. The summed E-state index contributed by atoms with van der Waals surface area (Å²) in [7, 11) is 1.57. The lowest BCUT2D eigenvalue weighted by Gasteiger charge is -2.24. The maximum Gasteiger partial charge on any atom is 0.242 e. The van der Waals surface area contributed by atoms with Crippen molar-refractivity contribution in [1.29, 1.82) is 5.26 Å². The van der Waals surface area contributed by atoms with Gasteiger partial charge in [0.25, 0.3) is 0 Å². The first-order chi connectivity index (χ1) is 8.51. The number of carbonyl (C=O) groups excluding carboxylic acids is 2. The van der Waals surface area contributed by atoms with Crippen molar-refractivity contribution in [3.8, 4) is 6.07 Å². The van der Waals surface area contributed by atoms with Gasteiger partial charge in [0.15, 0.2) is 0 Å². The molecule has 0 aliphatic heterocycles. The quantitative estimate of drug-likeness (QED) is 0.686. The molecule has 0 saturated heterocycles. The molecule has 5 heteroatoms. The van der Waals surface area contributed by atoms with E-state index in [0.29, 0.717) is 19.5 Å². The summed E-state index contributed by atoms with van der Waals surface area (Å²) in [4.78, 5) is 26.8. The maximum absolute atomic E-state index is 11.9. The Balaban J connectivity index is 4.48. The molecule has 5 nitrogen and oxygen atoms in total. The number of amides is 2. The summed E-state index contributed by atoms with van der Waals surface area (Å²) in [6, 6.07) is 2.00. The molecular formula is C13H23N3O2. The van der Waals surface area contributed by atoms with Gasteiger partial charge in [0.05, 0.1) is 12.6 Å². The van der Waals surface area contributed by atoms with Gasteiger partial charge in [0, 0.05) is 20.1 Å². The van der Waals surface area contributed by atoms with Crippen LogP contribution in [0.1, 0.15) is 33.6 Å². The summed E-state index contributed by atoms with van der Waals surface area (Å²) in [5.74, 6) is -0.978. The van der Waals surface area contributed by atoms with Gasteiger partial charge in [-0.3, -0.25) is 9.59 Å². The molecule has 0 spiro atoms. The third-order valence-corrected chi connectivity index (χ3v) is 2.90. The average molecular weight is 253 g/mol. The molecule has 102 valence electrons. The van der Waals surface area contributed by atoms with Gasteiger partial charge in [0.2, 0.25) is 11.8 Å². The second kappa shape index (κ2) is 8.51. The lowest BCUT2D eigenvalue weighted by molar-refractivity contribution is -0.140. The van der Waals surface area contributed by atoms with Crippen molar-refractivity contribution in [2.75, 3.05) is 26.7 Å². The van der Waals surface area contributed by atoms with E-state index in [1.165, 1.54) is 4.90 Å². The molecular weight excluding hydrogens is 230 g/mol. The topological polar surface area (TPSA) is 64.4 Å². The van der Waals surface area contributed by atoms with Crippen LogP contribution < -0.4 is 0 Å². The van der Waals surface area contributed by atoms with Crippen LogP contribution in [0.25, 0.3) is 0 Å². The van der Waals surface area contributed by atoms with Crippen molar-refractivity contribution in [2.45, 2.75) is 33.6 Å².